The lowest BCUT2D eigenvalue weighted by Gasteiger charge is -2.17. The largest absolute Gasteiger partial charge is 0.325 e. The number of aromatic nitrogens is 1. The predicted octanol–water partition coefficient (Wildman–Crippen LogP) is 2.86. The SMILES string of the molecule is CN(CC(=O)Nc1ccc(S(=O)(=O)Nc2nccs2)cc1)S(=O)(=O)c1ccc(Cl)cc1. The number of likely N-dealkylation sites (N-methyl/N-ethyl adjacent to an activating group) is 1. The Morgan fingerprint density at radius 2 is 1.65 bits per heavy atom. The Balaban J connectivity index is 1.63. The number of rotatable bonds is 8. The molecule has 13 heteroatoms. The number of carbonyl (C=O) groups is 1. The number of sulfonamides is 2. The van der Waals surface area contributed by atoms with Gasteiger partial charge in [0.2, 0.25) is 15.9 Å². The van der Waals surface area contributed by atoms with Gasteiger partial charge in [-0.3, -0.25) is 9.52 Å². The fourth-order valence-electron chi connectivity index (χ4n) is 2.44. The van der Waals surface area contributed by atoms with E-state index in [0.717, 1.165) is 15.6 Å². The molecule has 1 amide bonds. The number of anilines is 2. The van der Waals surface area contributed by atoms with Crippen LogP contribution in [0, 0.1) is 0 Å². The molecule has 1 heterocycles. The lowest BCUT2D eigenvalue weighted by Crippen LogP contribution is -2.34. The Morgan fingerprint density at radius 1 is 1.03 bits per heavy atom. The number of nitrogens with zero attached hydrogens (tertiary/aromatic N) is 2. The smallest absolute Gasteiger partial charge is 0.263 e. The van der Waals surface area contributed by atoms with Gasteiger partial charge in [-0.15, -0.1) is 11.3 Å². The van der Waals surface area contributed by atoms with Crippen LogP contribution in [0.1, 0.15) is 0 Å². The highest BCUT2D eigenvalue weighted by atomic mass is 35.5. The second-order valence-electron chi connectivity index (χ2n) is 6.23. The number of halogens is 1. The average Bonchev–Trinajstić information content (AvgIpc) is 3.21. The molecule has 0 saturated heterocycles. The number of thiazole rings is 1. The molecule has 0 aliphatic heterocycles. The first-order valence-electron chi connectivity index (χ1n) is 8.62. The number of amides is 1. The van der Waals surface area contributed by atoms with Crippen LogP contribution < -0.4 is 10.0 Å². The zero-order valence-corrected chi connectivity index (χ0v) is 19.2. The summed E-state index contributed by atoms with van der Waals surface area (Å²) in [6.07, 6.45) is 1.48. The molecular formula is C18H17ClN4O5S3. The normalized spacial score (nSPS) is 12.0. The van der Waals surface area contributed by atoms with Crippen molar-refractivity contribution in [1.82, 2.24) is 9.29 Å². The zero-order chi connectivity index (χ0) is 22.6. The third kappa shape index (κ3) is 5.80. The van der Waals surface area contributed by atoms with Crippen molar-refractivity contribution in [2.45, 2.75) is 9.79 Å². The van der Waals surface area contributed by atoms with Crippen LogP contribution in [-0.4, -0.2) is 45.6 Å². The average molecular weight is 501 g/mol. The summed E-state index contributed by atoms with van der Waals surface area (Å²) in [4.78, 5) is 16.1. The molecule has 2 aromatic carbocycles. The van der Waals surface area contributed by atoms with Crippen molar-refractivity contribution >= 4 is 59.7 Å². The maximum absolute atomic E-state index is 12.5. The molecule has 0 aliphatic rings. The number of nitrogens with one attached hydrogen (secondary N) is 2. The number of hydrogen-bond acceptors (Lipinski definition) is 7. The van der Waals surface area contributed by atoms with Crippen LogP contribution in [0.3, 0.4) is 0 Å². The van der Waals surface area contributed by atoms with Crippen molar-refractivity contribution in [1.29, 1.82) is 0 Å². The summed E-state index contributed by atoms with van der Waals surface area (Å²) in [5, 5.41) is 4.81. The third-order valence-electron chi connectivity index (χ3n) is 3.99. The van der Waals surface area contributed by atoms with Crippen molar-refractivity contribution in [3.05, 3.63) is 65.1 Å². The van der Waals surface area contributed by atoms with E-state index in [1.807, 2.05) is 0 Å². The summed E-state index contributed by atoms with van der Waals surface area (Å²) >= 11 is 6.92. The fourth-order valence-corrected chi connectivity index (χ4v) is 5.48. The summed E-state index contributed by atoms with van der Waals surface area (Å²) in [6, 6.07) is 11.0. The molecular weight excluding hydrogens is 484 g/mol. The summed E-state index contributed by atoms with van der Waals surface area (Å²) in [5.74, 6) is -0.587. The fraction of sp³-hybridized carbons (Fsp3) is 0.111. The summed E-state index contributed by atoms with van der Waals surface area (Å²) in [5.41, 5.74) is 0.315. The van der Waals surface area contributed by atoms with E-state index < -0.39 is 32.5 Å². The van der Waals surface area contributed by atoms with Crippen LogP contribution in [0.2, 0.25) is 5.02 Å². The van der Waals surface area contributed by atoms with Crippen LogP contribution in [0.5, 0.6) is 0 Å². The molecule has 9 nitrogen and oxygen atoms in total. The van der Waals surface area contributed by atoms with Gasteiger partial charge in [0, 0.05) is 29.3 Å². The monoisotopic (exact) mass is 500 g/mol. The molecule has 0 unspecified atom stereocenters. The van der Waals surface area contributed by atoms with E-state index in [-0.39, 0.29) is 14.9 Å². The number of hydrogen-bond donors (Lipinski definition) is 2. The molecule has 0 spiro atoms. The van der Waals surface area contributed by atoms with Gasteiger partial charge in [-0.1, -0.05) is 11.6 Å². The van der Waals surface area contributed by atoms with E-state index in [0.29, 0.717) is 10.7 Å². The first kappa shape index (κ1) is 23.2. The van der Waals surface area contributed by atoms with E-state index >= 15 is 0 Å². The van der Waals surface area contributed by atoms with Gasteiger partial charge in [0.05, 0.1) is 16.3 Å². The molecule has 0 atom stereocenters. The van der Waals surface area contributed by atoms with Crippen molar-refractivity contribution in [2.24, 2.45) is 0 Å². The maximum atomic E-state index is 12.5. The van der Waals surface area contributed by atoms with E-state index in [2.05, 4.69) is 15.0 Å². The molecule has 0 aliphatic carbocycles. The molecule has 3 rings (SSSR count). The second-order valence-corrected chi connectivity index (χ2v) is 11.3. The van der Waals surface area contributed by atoms with Crippen LogP contribution in [0.4, 0.5) is 10.8 Å². The summed E-state index contributed by atoms with van der Waals surface area (Å²) in [7, 11) is -6.40. The molecule has 164 valence electrons. The number of benzene rings is 2. The standard InChI is InChI=1S/C18H17ClN4O5S3/c1-23(31(27,28)16-6-2-13(19)3-7-16)12-17(24)21-14-4-8-15(9-5-14)30(25,26)22-18-20-10-11-29-18/h2-11H,12H2,1H3,(H,20,22)(H,21,24). The van der Waals surface area contributed by atoms with Gasteiger partial charge in [-0.05, 0) is 48.5 Å². The van der Waals surface area contributed by atoms with Crippen molar-refractivity contribution in [3.8, 4) is 0 Å². The third-order valence-corrected chi connectivity index (χ3v) is 8.23. The van der Waals surface area contributed by atoms with Crippen LogP contribution in [0.15, 0.2) is 69.9 Å². The molecule has 0 saturated carbocycles. The molecule has 1 aromatic heterocycles. The molecule has 0 bridgehead atoms. The molecule has 2 N–H and O–H groups in total. The highest BCUT2D eigenvalue weighted by Crippen LogP contribution is 2.20. The predicted molar refractivity (Wildman–Crippen MR) is 119 cm³/mol. The van der Waals surface area contributed by atoms with E-state index in [1.54, 1.807) is 5.38 Å². The first-order valence-corrected chi connectivity index (χ1v) is 12.8. The van der Waals surface area contributed by atoms with Gasteiger partial charge in [-0.25, -0.2) is 21.8 Å². The number of carbonyl (C=O) groups excluding carboxylic acids is 1. The van der Waals surface area contributed by atoms with Crippen molar-refractivity contribution < 1.29 is 21.6 Å². The van der Waals surface area contributed by atoms with Gasteiger partial charge in [0.1, 0.15) is 0 Å². The van der Waals surface area contributed by atoms with Gasteiger partial charge in [0.15, 0.2) is 5.13 Å². The van der Waals surface area contributed by atoms with Gasteiger partial charge in [0.25, 0.3) is 10.0 Å². The van der Waals surface area contributed by atoms with Crippen molar-refractivity contribution in [2.75, 3.05) is 23.6 Å². The van der Waals surface area contributed by atoms with Crippen LogP contribution >= 0.6 is 22.9 Å². The van der Waals surface area contributed by atoms with E-state index in [9.17, 15) is 21.6 Å². The zero-order valence-electron chi connectivity index (χ0n) is 16.0. The topological polar surface area (TPSA) is 126 Å². The summed E-state index contributed by atoms with van der Waals surface area (Å²) < 4.78 is 53.0. The van der Waals surface area contributed by atoms with Crippen LogP contribution in [-0.2, 0) is 24.8 Å². The highest BCUT2D eigenvalue weighted by Gasteiger charge is 2.23. The Kier molecular flexibility index (Phi) is 6.96. The summed E-state index contributed by atoms with van der Waals surface area (Å²) in [6.45, 7) is -0.434. The highest BCUT2D eigenvalue weighted by molar-refractivity contribution is 7.93. The lowest BCUT2D eigenvalue weighted by molar-refractivity contribution is -0.116. The molecule has 0 fully saturated rings. The van der Waals surface area contributed by atoms with Gasteiger partial charge in [-0.2, -0.15) is 4.31 Å². The Hall–Kier alpha value is -2.51. The Labute approximate surface area is 188 Å². The first-order chi connectivity index (χ1) is 14.6. The van der Waals surface area contributed by atoms with E-state index in [1.165, 1.54) is 61.8 Å². The van der Waals surface area contributed by atoms with E-state index in [4.69, 9.17) is 11.6 Å². The minimum Gasteiger partial charge on any atom is -0.325 e. The minimum absolute atomic E-state index is 0.00879. The molecule has 31 heavy (non-hydrogen) atoms. The molecule has 0 radical (unpaired) electrons. The quantitative estimate of drug-likeness (QED) is 0.490. The minimum atomic E-state index is -3.87. The second kappa shape index (κ2) is 9.32. The van der Waals surface area contributed by atoms with Crippen LogP contribution in [0.25, 0.3) is 0 Å². The molecule has 3 aromatic rings. The van der Waals surface area contributed by atoms with Gasteiger partial charge >= 0.3 is 0 Å². The van der Waals surface area contributed by atoms with Gasteiger partial charge < -0.3 is 5.32 Å². The van der Waals surface area contributed by atoms with Crippen molar-refractivity contribution in [3.63, 3.8) is 0 Å². The Bertz CT molecular complexity index is 1260. The maximum Gasteiger partial charge on any atom is 0.263 e. The lowest BCUT2D eigenvalue weighted by atomic mass is 10.3. The Morgan fingerprint density at radius 3 is 2.23 bits per heavy atom.